The normalized spacial score (nSPS) is 21.6. The first-order valence-electron chi connectivity index (χ1n) is 10.1. The molecule has 4 nitrogen and oxygen atoms in total. The molecule has 2 fully saturated rings. The molecule has 4 rings (SSSR count). The zero-order valence-electron chi connectivity index (χ0n) is 15.8. The van der Waals surface area contributed by atoms with E-state index in [1.54, 1.807) is 0 Å². The molecule has 0 radical (unpaired) electrons. The number of fused-ring (bicyclic) bond motifs is 1. The second-order valence-electron chi connectivity index (χ2n) is 7.97. The second-order valence-corrected chi connectivity index (χ2v) is 8.37. The number of hydrogen-bond acceptors (Lipinski definition) is 3. The third kappa shape index (κ3) is 4.07. The van der Waals surface area contributed by atoms with Crippen LogP contribution in [0.1, 0.15) is 56.1 Å². The Kier molecular flexibility index (Phi) is 5.55. The zero-order valence-corrected chi connectivity index (χ0v) is 16.5. The van der Waals surface area contributed by atoms with Crippen molar-refractivity contribution in [2.75, 3.05) is 18.4 Å². The van der Waals surface area contributed by atoms with Gasteiger partial charge in [-0.3, -0.25) is 4.79 Å². The smallest absolute Gasteiger partial charge is 0.227 e. The predicted molar refractivity (Wildman–Crippen MR) is 112 cm³/mol. The predicted octanol–water partition coefficient (Wildman–Crippen LogP) is 4.87. The van der Waals surface area contributed by atoms with Crippen LogP contribution in [0.25, 0.3) is 11.8 Å². The van der Waals surface area contributed by atoms with Crippen molar-refractivity contribution in [3.8, 4) is 0 Å². The molecule has 0 bridgehead atoms. The minimum atomic E-state index is 0.0733. The Bertz CT molecular complexity index is 759. The molecule has 0 aromatic heterocycles. The molecular formula is C22H28ClN3O. The van der Waals surface area contributed by atoms with E-state index in [-0.39, 0.29) is 11.8 Å². The molecule has 27 heavy (non-hydrogen) atoms. The Morgan fingerprint density at radius 1 is 1.15 bits per heavy atom. The standard InChI is InChI=1S/C22H28ClN3O/c1-15-19-14-20(23)21(13-17(19)7-10-24-15)25-22(27)16-8-11-26(12-9-16)18-5-3-2-4-6-18/h7,10,13-14,16,18,24H,1-6,8-9,11-12H2,(H,25,27). The molecule has 1 saturated heterocycles. The lowest BCUT2D eigenvalue weighted by Crippen LogP contribution is -2.44. The average molecular weight is 386 g/mol. The lowest BCUT2D eigenvalue weighted by atomic mass is 9.90. The zero-order chi connectivity index (χ0) is 18.8. The van der Waals surface area contributed by atoms with E-state index in [0.29, 0.717) is 10.7 Å². The van der Waals surface area contributed by atoms with Crippen LogP contribution in [0.3, 0.4) is 0 Å². The van der Waals surface area contributed by atoms with E-state index in [1.807, 2.05) is 24.4 Å². The van der Waals surface area contributed by atoms with Crippen molar-refractivity contribution in [1.29, 1.82) is 0 Å². The van der Waals surface area contributed by atoms with E-state index in [4.69, 9.17) is 11.6 Å². The van der Waals surface area contributed by atoms with E-state index in [1.165, 1.54) is 32.1 Å². The highest BCUT2D eigenvalue weighted by Gasteiger charge is 2.29. The number of carbonyl (C=O) groups is 1. The molecule has 1 aromatic carbocycles. The summed E-state index contributed by atoms with van der Waals surface area (Å²) in [7, 11) is 0. The molecule has 1 saturated carbocycles. The molecule has 0 unspecified atom stereocenters. The summed E-state index contributed by atoms with van der Waals surface area (Å²) in [5.74, 6) is 0.168. The summed E-state index contributed by atoms with van der Waals surface area (Å²) in [5, 5.41) is 6.70. The number of carbonyl (C=O) groups excluding carboxylic acids is 1. The minimum absolute atomic E-state index is 0.0733. The number of anilines is 1. The molecular weight excluding hydrogens is 358 g/mol. The number of nitrogens with zero attached hydrogens (tertiary/aromatic N) is 1. The highest BCUT2D eigenvalue weighted by Crippen LogP contribution is 2.33. The Balaban J connectivity index is 1.37. The van der Waals surface area contributed by atoms with Gasteiger partial charge in [-0.05, 0) is 62.5 Å². The molecule has 1 aromatic rings. The van der Waals surface area contributed by atoms with Gasteiger partial charge in [0.1, 0.15) is 0 Å². The number of piperidine rings is 1. The highest BCUT2D eigenvalue weighted by molar-refractivity contribution is 6.34. The van der Waals surface area contributed by atoms with E-state index >= 15 is 0 Å². The van der Waals surface area contributed by atoms with Gasteiger partial charge in [-0.25, -0.2) is 0 Å². The maximum Gasteiger partial charge on any atom is 0.227 e. The monoisotopic (exact) mass is 385 g/mol. The summed E-state index contributed by atoms with van der Waals surface area (Å²) in [4.78, 5) is 15.4. The quantitative estimate of drug-likeness (QED) is 0.780. The Labute approximate surface area is 166 Å². The van der Waals surface area contributed by atoms with Gasteiger partial charge in [-0.2, -0.15) is 0 Å². The van der Waals surface area contributed by atoms with E-state index < -0.39 is 0 Å². The SMILES string of the molecule is C=C1NC=Cc2cc(NC(=O)C3CCN(C4CCCCC4)CC3)c(Cl)cc21. The number of rotatable bonds is 3. The summed E-state index contributed by atoms with van der Waals surface area (Å²) in [6.45, 7) is 6.07. The highest BCUT2D eigenvalue weighted by atomic mass is 35.5. The molecule has 1 amide bonds. The molecule has 3 aliphatic rings. The lowest BCUT2D eigenvalue weighted by molar-refractivity contribution is -0.121. The molecule has 144 valence electrons. The number of amides is 1. The van der Waals surface area contributed by atoms with Crippen LogP contribution in [0.4, 0.5) is 5.69 Å². The molecule has 0 atom stereocenters. The van der Waals surface area contributed by atoms with Crippen molar-refractivity contribution in [2.24, 2.45) is 5.92 Å². The minimum Gasteiger partial charge on any atom is -0.362 e. The fourth-order valence-electron chi connectivity index (χ4n) is 4.60. The molecule has 2 heterocycles. The summed E-state index contributed by atoms with van der Waals surface area (Å²) >= 11 is 6.42. The Morgan fingerprint density at radius 3 is 2.63 bits per heavy atom. The largest absolute Gasteiger partial charge is 0.362 e. The third-order valence-electron chi connectivity index (χ3n) is 6.23. The molecule has 5 heteroatoms. The topological polar surface area (TPSA) is 44.4 Å². The number of likely N-dealkylation sites (tertiary alicyclic amines) is 1. The molecule has 0 spiro atoms. The fraction of sp³-hybridized carbons (Fsp3) is 0.500. The molecule has 1 aliphatic carbocycles. The van der Waals surface area contributed by atoms with Crippen molar-refractivity contribution in [2.45, 2.75) is 51.0 Å². The van der Waals surface area contributed by atoms with Crippen LogP contribution in [0, 0.1) is 5.92 Å². The van der Waals surface area contributed by atoms with Crippen molar-refractivity contribution < 1.29 is 4.79 Å². The van der Waals surface area contributed by atoms with Crippen LogP contribution in [0.5, 0.6) is 0 Å². The molecule has 2 aliphatic heterocycles. The van der Waals surface area contributed by atoms with E-state index in [2.05, 4.69) is 22.1 Å². The summed E-state index contributed by atoms with van der Waals surface area (Å²) in [5.41, 5.74) is 3.50. The van der Waals surface area contributed by atoms with Crippen LogP contribution in [0.2, 0.25) is 5.02 Å². The molecule has 2 N–H and O–H groups in total. The first kappa shape index (κ1) is 18.6. The van der Waals surface area contributed by atoms with Crippen LogP contribution in [-0.2, 0) is 4.79 Å². The van der Waals surface area contributed by atoms with E-state index in [0.717, 1.165) is 48.8 Å². The fourth-order valence-corrected chi connectivity index (χ4v) is 4.81. The maximum absolute atomic E-state index is 12.8. The second kappa shape index (κ2) is 8.07. The lowest BCUT2D eigenvalue weighted by Gasteiger charge is -2.39. The van der Waals surface area contributed by atoms with Crippen LogP contribution in [0.15, 0.2) is 24.9 Å². The first-order valence-corrected chi connectivity index (χ1v) is 10.5. The van der Waals surface area contributed by atoms with Crippen LogP contribution in [-0.4, -0.2) is 29.9 Å². The van der Waals surface area contributed by atoms with Crippen LogP contribution >= 0.6 is 11.6 Å². The van der Waals surface area contributed by atoms with Gasteiger partial charge in [0.15, 0.2) is 0 Å². The first-order chi connectivity index (χ1) is 13.1. The third-order valence-corrected chi connectivity index (χ3v) is 6.55. The van der Waals surface area contributed by atoms with Gasteiger partial charge in [0, 0.05) is 29.4 Å². The number of nitrogens with one attached hydrogen (secondary N) is 2. The van der Waals surface area contributed by atoms with Crippen molar-refractivity contribution in [1.82, 2.24) is 10.2 Å². The van der Waals surface area contributed by atoms with Gasteiger partial charge in [0.2, 0.25) is 5.91 Å². The van der Waals surface area contributed by atoms with Crippen molar-refractivity contribution in [3.63, 3.8) is 0 Å². The Hall–Kier alpha value is -1.78. The van der Waals surface area contributed by atoms with Crippen molar-refractivity contribution >= 4 is 35.0 Å². The van der Waals surface area contributed by atoms with Crippen molar-refractivity contribution in [3.05, 3.63) is 41.1 Å². The Morgan fingerprint density at radius 2 is 1.89 bits per heavy atom. The van der Waals surface area contributed by atoms with Gasteiger partial charge >= 0.3 is 0 Å². The van der Waals surface area contributed by atoms with Gasteiger partial charge in [0.25, 0.3) is 0 Å². The maximum atomic E-state index is 12.8. The number of hydrogen-bond donors (Lipinski definition) is 2. The van der Waals surface area contributed by atoms with E-state index in [9.17, 15) is 4.79 Å². The summed E-state index contributed by atoms with van der Waals surface area (Å²) in [6.07, 6.45) is 12.5. The van der Waals surface area contributed by atoms with Gasteiger partial charge in [0.05, 0.1) is 10.7 Å². The van der Waals surface area contributed by atoms with Gasteiger partial charge < -0.3 is 15.5 Å². The van der Waals surface area contributed by atoms with Crippen LogP contribution < -0.4 is 10.6 Å². The van der Waals surface area contributed by atoms with Gasteiger partial charge in [-0.1, -0.05) is 37.4 Å². The summed E-state index contributed by atoms with van der Waals surface area (Å²) in [6, 6.07) is 4.55. The number of benzene rings is 1. The number of halogens is 1. The average Bonchev–Trinajstić information content (AvgIpc) is 2.70. The summed E-state index contributed by atoms with van der Waals surface area (Å²) < 4.78 is 0. The van der Waals surface area contributed by atoms with Gasteiger partial charge in [-0.15, -0.1) is 0 Å².